The molecule has 1 heterocycles. The van der Waals surface area contributed by atoms with Crippen LogP contribution in [0.3, 0.4) is 0 Å². The van der Waals surface area contributed by atoms with Crippen molar-refractivity contribution >= 4 is 33.0 Å². The number of nitro groups is 1. The SMILES string of the molecule is CC(NC(=O)c1ccc(OS(=O)(=O)c2cccc([N+](=O)[O-])c2)cc1)c1cccs1. The molecule has 1 aromatic heterocycles. The molecule has 150 valence electrons. The number of benzene rings is 2. The van der Waals surface area contributed by atoms with Gasteiger partial charge in [-0.2, -0.15) is 8.42 Å². The lowest BCUT2D eigenvalue weighted by Crippen LogP contribution is -2.26. The fraction of sp³-hybridized carbons (Fsp3) is 0.105. The number of amides is 1. The molecule has 1 atom stereocenters. The lowest BCUT2D eigenvalue weighted by atomic mass is 10.2. The first-order valence-corrected chi connectivity index (χ1v) is 10.7. The van der Waals surface area contributed by atoms with Crippen LogP contribution in [0.5, 0.6) is 5.75 Å². The number of carbonyl (C=O) groups excluding carboxylic acids is 1. The van der Waals surface area contributed by atoms with E-state index in [1.807, 2.05) is 24.4 Å². The molecule has 3 rings (SSSR count). The van der Waals surface area contributed by atoms with Crippen molar-refractivity contribution in [3.05, 3.63) is 86.6 Å². The summed E-state index contributed by atoms with van der Waals surface area (Å²) in [6.45, 7) is 1.87. The predicted octanol–water partition coefficient (Wildman–Crippen LogP) is 3.92. The summed E-state index contributed by atoms with van der Waals surface area (Å²) >= 11 is 1.53. The zero-order chi connectivity index (χ0) is 21.0. The Kier molecular flexibility index (Phi) is 5.95. The fourth-order valence-electron chi connectivity index (χ4n) is 2.48. The number of rotatable bonds is 7. The zero-order valence-corrected chi connectivity index (χ0v) is 16.8. The second-order valence-corrected chi connectivity index (χ2v) is 8.55. The topological polar surface area (TPSA) is 116 Å². The zero-order valence-electron chi connectivity index (χ0n) is 15.1. The van der Waals surface area contributed by atoms with Crippen molar-refractivity contribution in [2.75, 3.05) is 0 Å². The summed E-state index contributed by atoms with van der Waals surface area (Å²) in [4.78, 5) is 23.2. The summed E-state index contributed by atoms with van der Waals surface area (Å²) in [5, 5.41) is 15.6. The molecule has 0 spiro atoms. The molecule has 1 unspecified atom stereocenters. The maximum absolute atomic E-state index is 12.3. The van der Waals surface area contributed by atoms with Gasteiger partial charge in [-0.3, -0.25) is 14.9 Å². The Balaban J connectivity index is 1.70. The van der Waals surface area contributed by atoms with Gasteiger partial charge in [-0.25, -0.2) is 0 Å². The molecular formula is C19H16N2O6S2. The van der Waals surface area contributed by atoms with Gasteiger partial charge in [-0.1, -0.05) is 12.1 Å². The second kappa shape index (κ2) is 8.41. The van der Waals surface area contributed by atoms with Crippen LogP contribution in [-0.2, 0) is 10.1 Å². The number of nitro benzene ring substituents is 1. The van der Waals surface area contributed by atoms with Gasteiger partial charge in [0.25, 0.3) is 11.6 Å². The Morgan fingerprint density at radius 2 is 1.86 bits per heavy atom. The molecule has 2 aromatic carbocycles. The number of nitrogens with one attached hydrogen (secondary N) is 1. The van der Waals surface area contributed by atoms with E-state index in [0.29, 0.717) is 5.56 Å². The Morgan fingerprint density at radius 3 is 2.48 bits per heavy atom. The van der Waals surface area contributed by atoms with Crippen LogP contribution in [0.15, 0.2) is 70.9 Å². The summed E-state index contributed by atoms with van der Waals surface area (Å²) < 4.78 is 29.7. The van der Waals surface area contributed by atoms with Crippen molar-refractivity contribution in [2.45, 2.75) is 17.9 Å². The molecule has 1 amide bonds. The molecule has 3 aromatic rings. The average molecular weight is 432 g/mol. The van der Waals surface area contributed by atoms with Crippen molar-refractivity contribution in [3.63, 3.8) is 0 Å². The van der Waals surface area contributed by atoms with E-state index in [0.717, 1.165) is 10.9 Å². The fourth-order valence-corrected chi connectivity index (χ4v) is 4.18. The molecule has 0 aliphatic carbocycles. The van der Waals surface area contributed by atoms with Gasteiger partial charge in [0, 0.05) is 22.6 Å². The quantitative estimate of drug-likeness (QED) is 0.344. The highest BCUT2D eigenvalue weighted by Crippen LogP contribution is 2.23. The highest BCUT2D eigenvalue weighted by atomic mass is 32.2. The van der Waals surface area contributed by atoms with Crippen molar-refractivity contribution in [1.82, 2.24) is 5.32 Å². The third-order valence-electron chi connectivity index (χ3n) is 3.96. The largest absolute Gasteiger partial charge is 0.379 e. The number of thiophene rings is 1. The minimum atomic E-state index is -4.25. The molecule has 10 heteroatoms. The van der Waals surface area contributed by atoms with E-state index in [2.05, 4.69) is 5.32 Å². The number of nitrogens with zero attached hydrogens (tertiary/aromatic N) is 1. The minimum Gasteiger partial charge on any atom is -0.379 e. The van der Waals surface area contributed by atoms with Crippen LogP contribution in [0.25, 0.3) is 0 Å². The van der Waals surface area contributed by atoms with E-state index in [-0.39, 0.29) is 28.3 Å². The van der Waals surface area contributed by atoms with Crippen molar-refractivity contribution in [3.8, 4) is 5.75 Å². The summed E-state index contributed by atoms with van der Waals surface area (Å²) in [5.74, 6) is -0.321. The molecule has 0 bridgehead atoms. The van der Waals surface area contributed by atoms with Crippen LogP contribution in [0, 0.1) is 10.1 Å². The Bertz CT molecular complexity index is 1130. The standard InChI is InChI=1S/C19H16N2O6S2/c1-13(18-6-3-11-28-18)20-19(22)14-7-9-16(10-8-14)27-29(25,26)17-5-2-4-15(12-17)21(23)24/h2-13H,1H3,(H,20,22). The van der Waals surface area contributed by atoms with Gasteiger partial charge in [0.2, 0.25) is 0 Å². The van der Waals surface area contributed by atoms with Crippen LogP contribution >= 0.6 is 11.3 Å². The predicted molar refractivity (Wildman–Crippen MR) is 108 cm³/mol. The van der Waals surface area contributed by atoms with Gasteiger partial charge in [-0.15, -0.1) is 11.3 Å². The van der Waals surface area contributed by atoms with Gasteiger partial charge in [-0.05, 0) is 48.7 Å². The molecule has 0 radical (unpaired) electrons. The van der Waals surface area contributed by atoms with Gasteiger partial charge in [0.05, 0.1) is 11.0 Å². The lowest BCUT2D eigenvalue weighted by Gasteiger charge is -2.12. The first kappa shape index (κ1) is 20.5. The first-order chi connectivity index (χ1) is 13.8. The molecule has 29 heavy (non-hydrogen) atoms. The van der Waals surface area contributed by atoms with Crippen LogP contribution in [0.4, 0.5) is 5.69 Å². The second-order valence-electron chi connectivity index (χ2n) is 6.03. The molecule has 1 N–H and O–H groups in total. The van der Waals surface area contributed by atoms with E-state index in [4.69, 9.17) is 4.18 Å². The average Bonchev–Trinajstić information content (AvgIpc) is 3.23. The minimum absolute atomic E-state index is 0.0145. The number of carbonyl (C=O) groups is 1. The molecule has 0 saturated carbocycles. The molecule has 0 fully saturated rings. The third kappa shape index (κ3) is 4.98. The van der Waals surface area contributed by atoms with E-state index >= 15 is 0 Å². The van der Waals surface area contributed by atoms with E-state index in [9.17, 15) is 23.3 Å². The van der Waals surface area contributed by atoms with Crippen LogP contribution < -0.4 is 9.50 Å². The van der Waals surface area contributed by atoms with Crippen LogP contribution in [0.1, 0.15) is 28.2 Å². The Morgan fingerprint density at radius 1 is 1.14 bits per heavy atom. The van der Waals surface area contributed by atoms with Crippen molar-refractivity contribution in [1.29, 1.82) is 0 Å². The highest BCUT2D eigenvalue weighted by Gasteiger charge is 2.20. The van der Waals surface area contributed by atoms with Crippen LogP contribution in [-0.4, -0.2) is 19.2 Å². The summed E-state index contributed by atoms with van der Waals surface area (Å²) in [5.41, 5.74) is -0.0185. The highest BCUT2D eigenvalue weighted by molar-refractivity contribution is 7.87. The third-order valence-corrected chi connectivity index (χ3v) is 6.26. The monoisotopic (exact) mass is 432 g/mol. The molecule has 8 nitrogen and oxygen atoms in total. The van der Waals surface area contributed by atoms with Gasteiger partial charge in [0.15, 0.2) is 0 Å². The normalized spacial score (nSPS) is 12.2. The number of non-ortho nitro benzene ring substituents is 1. The van der Waals surface area contributed by atoms with E-state index in [1.54, 1.807) is 0 Å². The van der Waals surface area contributed by atoms with Gasteiger partial charge in [0.1, 0.15) is 10.6 Å². The van der Waals surface area contributed by atoms with Crippen molar-refractivity contribution in [2.24, 2.45) is 0 Å². The summed E-state index contributed by atoms with van der Waals surface area (Å²) in [7, 11) is -4.25. The van der Waals surface area contributed by atoms with E-state index < -0.39 is 15.0 Å². The smallest absolute Gasteiger partial charge is 0.339 e. The summed E-state index contributed by atoms with van der Waals surface area (Å²) in [6.07, 6.45) is 0. The maximum Gasteiger partial charge on any atom is 0.339 e. The first-order valence-electron chi connectivity index (χ1n) is 8.39. The van der Waals surface area contributed by atoms with Crippen molar-refractivity contribution < 1.29 is 22.3 Å². The Labute approximate surface area is 171 Å². The van der Waals surface area contributed by atoms with Gasteiger partial charge < -0.3 is 9.50 Å². The maximum atomic E-state index is 12.3. The molecular weight excluding hydrogens is 416 g/mol. The number of hydrogen-bond acceptors (Lipinski definition) is 7. The molecule has 0 saturated heterocycles. The molecule has 0 aliphatic heterocycles. The van der Waals surface area contributed by atoms with E-state index in [1.165, 1.54) is 53.8 Å². The van der Waals surface area contributed by atoms with Gasteiger partial charge >= 0.3 is 10.1 Å². The lowest BCUT2D eigenvalue weighted by molar-refractivity contribution is -0.385. The Hall–Kier alpha value is -3.24. The summed E-state index contributed by atoms with van der Waals surface area (Å²) in [6, 6.07) is 13.8. The number of hydrogen-bond donors (Lipinski definition) is 1. The van der Waals surface area contributed by atoms with Crippen LogP contribution in [0.2, 0.25) is 0 Å². The molecule has 0 aliphatic rings.